The molecule has 126 valence electrons. The molecule has 2 aromatic carbocycles. The Labute approximate surface area is 144 Å². The standard InChI is InChI=1S/C18H15N3O3S/c1-24-15-6-7-16(25(22,23)21-12-8-10-19-11-9-12)17-13-4-2-3-5-14(13)20-18(15)17/h2-11,20H,1H3,(H,19,21). The number of hydrogen-bond acceptors (Lipinski definition) is 4. The van der Waals surface area contributed by atoms with E-state index in [0.29, 0.717) is 22.3 Å². The van der Waals surface area contributed by atoms with E-state index in [2.05, 4.69) is 14.7 Å². The van der Waals surface area contributed by atoms with Gasteiger partial charge in [-0.25, -0.2) is 8.42 Å². The lowest BCUT2D eigenvalue weighted by molar-refractivity contribution is 0.419. The number of H-pyrrole nitrogens is 1. The molecule has 0 atom stereocenters. The molecule has 2 N–H and O–H groups in total. The van der Waals surface area contributed by atoms with Gasteiger partial charge in [-0.05, 0) is 30.3 Å². The minimum absolute atomic E-state index is 0.192. The summed E-state index contributed by atoms with van der Waals surface area (Å²) in [6.07, 6.45) is 3.07. The summed E-state index contributed by atoms with van der Waals surface area (Å²) >= 11 is 0. The SMILES string of the molecule is COc1ccc(S(=O)(=O)Nc2ccncc2)c2c1[nH]c1ccccc12. The number of nitrogens with zero attached hydrogens (tertiary/aromatic N) is 1. The van der Waals surface area contributed by atoms with Crippen LogP contribution < -0.4 is 9.46 Å². The molecule has 2 aromatic heterocycles. The van der Waals surface area contributed by atoms with E-state index in [1.165, 1.54) is 12.4 Å². The highest BCUT2D eigenvalue weighted by atomic mass is 32.2. The molecular weight excluding hydrogens is 338 g/mol. The van der Waals surface area contributed by atoms with Crippen molar-refractivity contribution >= 4 is 37.5 Å². The van der Waals surface area contributed by atoms with Gasteiger partial charge in [-0.1, -0.05) is 18.2 Å². The number of aromatic nitrogens is 2. The van der Waals surface area contributed by atoms with E-state index >= 15 is 0 Å². The van der Waals surface area contributed by atoms with Gasteiger partial charge in [0.25, 0.3) is 10.0 Å². The molecule has 7 heteroatoms. The highest BCUT2D eigenvalue weighted by molar-refractivity contribution is 7.93. The molecule has 0 fully saturated rings. The lowest BCUT2D eigenvalue weighted by atomic mass is 10.1. The van der Waals surface area contributed by atoms with Crippen molar-refractivity contribution in [3.63, 3.8) is 0 Å². The fraction of sp³-hybridized carbons (Fsp3) is 0.0556. The van der Waals surface area contributed by atoms with Gasteiger partial charge >= 0.3 is 0 Å². The number of aromatic amines is 1. The third-order valence-corrected chi connectivity index (χ3v) is 5.45. The van der Waals surface area contributed by atoms with Crippen LogP contribution in [-0.4, -0.2) is 25.5 Å². The maximum atomic E-state index is 13.0. The van der Waals surface area contributed by atoms with Crippen LogP contribution >= 0.6 is 0 Å². The average molecular weight is 353 g/mol. The van der Waals surface area contributed by atoms with Crippen LogP contribution in [0.25, 0.3) is 21.8 Å². The van der Waals surface area contributed by atoms with Crippen molar-refractivity contribution in [3.8, 4) is 5.75 Å². The number of sulfonamides is 1. The first kappa shape index (κ1) is 15.5. The van der Waals surface area contributed by atoms with Crippen molar-refractivity contribution < 1.29 is 13.2 Å². The van der Waals surface area contributed by atoms with Crippen LogP contribution in [0.2, 0.25) is 0 Å². The molecule has 0 radical (unpaired) electrons. The fourth-order valence-electron chi connectivity index (χ4n) is 2.92. The van der Waals surface area contributed by atoms with Crippen molar-refractivity contribution in [2.75, 3.05) is 11.8 Å². The largest absolute Gasteiger partial charge is 0.495 e. The molecule has 2 heterocycles. The van der Waals surface area contributed by atoms with Crippen LogP contribution in [0.15, 0.2) is 65.8 Å². The van der Waals surface area contributed by atoms with Crippen molar-refractivity contribution in [3.05, 3.63) is 60.9 Å². The average Bonchev–Trinajstić information content (AvgIpc) is 3.01. The number of nitrogens with one attached hydrogen (secondary N) is 2. The highest BCUT2D eigenvalue weighted by Crippen LogP contribution is 2.36. The molecule has 25 heavy (non-hydrogen) atoms. The zero-order chi connectivity index (χ0) is 17.4. The predicted octanol–water partition coefficient (Wildman–Crippen LogP) is 3.53. The normalized spacial score (nSPS) is 11.7. The third kappa shape index (κ3) is 2.58. The summed E-state index contributed by atoms with van der Waals surface area (Å²) in [5.74, 6) is 0.592. The molecule has 0 amide bonds. The molecule has 0 saturated heterocycles. The third-order valence-electron chi connectivity index (χ3n) is 4.03. The minimum Gasteiger partial charge on any atom is -0.495 e. The summed E-state index contributed by atoms with van der Waals surface area (Å²) in [7, 11) is -2.22. The Kier molecular flexibility index (Phi) is 3.58. The second-order valence-corrected chi connectivity index (χ2v) is 7.18. The molecule has 4 rings (SSSR count). The molecule has 4 aromatic rings. The van der Waals surface area contributed by atoms with Gasteiger partial charge in [0.05, 0.1) is 23.2 Å². The Bertz CT molecular complexity index is 1170. The highest BCUT2D eigenvalue weighted by Gasteiger charge is 2.22. The number of anilines is 1. The van der Waals surface area contributed by atoms with Gasteiger partial charge in [0.2, 0.25) is 0 Å². The van der Waals surface area contributed by atoms with Crippen molar-refractivity contribution in [1.29, 1.82) is 0 Å². The molecule has 0 aliphatic rings. The monoisotopic (exact) mass is 353 g/mol. The van der Waals surface area contributed by atoms with Gasteiger partial charge in [0.1, 0.15) is 5.75 Å². The second kappa shape index (κ2) is 5.78. The lowest BCUT2D eigenvalue weighted by Gasteiger charge is -2.11. The van der Waals surface area contributed by atoms with Crippen molar-refractivity contribution in [2.24, 2.45) is 0 Å². The van der Waals surface area contributed by atoms with Gasteiger partial charge < -0.3 is 9.72 Å². The number of methoxy groups -OCH3 is 1. The maximum absolute atomic E-state index is 13.0. The quantitative estimate of drug-likeness (QED) is 0.588. The van der Waals surface area contributed by atoms with E-state index in [0.717, 1.165) is 10.9 Å². The zero-order valence-electron chi connectivity index (χ0n) is 13.4. The summed E-state index contributed by atoms with van der Waals surface area (Å²) in [6.45, 7) is 0. The smallest absolute Gasteiger partial charge is 0.262 e. The maximum Gasteiger partial charge on any atom is 0.262 e. The molecular formula is C18H15N3O3S. The van der Waals surface area contributed by atoms with Crippen LogP contribution in [0.1, 0.15) is 0 Å². The Morgan fingerprint density at radius 1 is 1.04 bits per heavy atom. The van der Waals surface area contributed by atoms with Gasteiger partial charge in [0, 0.05) is 28.7 Å². The van der Waals surface area contributed by atoms with Crippen LogP contribution in [-0.2, 0) is 10.0 Å². The lowest BCUT2D eigenvalue weighted by Crippen LogP contribution is -2.13. The van der Waals surface area contributed by atoms with Gasteiger partial charge in [-0.15, -0.1) is 0 Å². The molecule has 6 nitrogen and oxygen atoms in total. The Morgan fingerprint density at radius 2 is 1.80 bits per heavy atom. The number of ether oxygens (including phenoxy) is 1. The Balaban J connectivity index is 1.98. The van der Waals surface area contributed by atoms with Crippen LogP contribution in [0.5, 0.6) is 5.75 Å². The van der Waals surface area contributed by atoms with E-state index in [1.54, 1.807) is 31.4 Å². The number of para-hydroxylation sites is 1. The summed E-state index contributed by atoms with van der Waals surface area (Å²) in [6, 6.07) is 14.0. The molecule has 0 aliphatic heterocycles. The number of pyridine rings is 1. The summed E-state index contributed by atoms with van der Waals surface area (Å²) < 4.78 is 33.9. The van der Waals surface area contributed by atoms with E-state index in [1.807, 2.05) is 24.3 Å². The first-order valence-corrected chi connectivity index (χ1v) is 9.09. The topological polar surface area (TPSA) is 84.1 Å². The molecule has 0 spiro atoms. The van der Waals surface area contributed by atoms with Crippen LogP contribution in [0.4, 0.5) is 5.69 Å². The number of hydrogen-bond donors (Lipinski definition) is 2. The first-order chi connectivity index (χ1) is 12.1. The summed E-state index contributed by atoms with van der Waals surface area (Å²) in [5.41, 5.74) is 1.96. The first-order valence-electron chi connectivity index (χ1n) is 7.60. The second-order valence-electron chi connectivity index (χ2n) is 5.53. The van der Waals surface area contributed by atoms with Gasteiger partial charge in [-0.3, -0.25) is 9.71 Å². The molecule has 0 unspecified atom stereocenters. The van der Waals surface area contributed by atoms with Crippen LogP contribution in [0.3, 0.4) is 0 Å². The van der Waals surface area contributed by atoms with E-state index in [4.69, 9.17) is 4.74 Å². The van der Waals surface area contributed by atoms with Crippen LogP contribution in [0, 0.1) is 0 Å². The van der Waals surface area contributed by atoms with Crippen molar-refractivity contribution in [2.45, 2.75) is 4.90 Å². The molecule has 0 aliphatic carbocycles. The summed E-state index contributed by atoms with van der Waals surface area (Å²) in [5, 5.41) is 1.43. The molecule has 0 bridgehead atoms. The number of fused-ring (bicyclic) bond motifs is 3. The van der Waals surface area contributed by atoms with Gasteiger partial charge in [0.15, 0.2) is 0 Å². The molecule has 0 saturated carbocycles. The van der Waals surface area contributed by atoms with E-state index in [9.17, 15) is 8.42 Å². The number of rotatable bonds is 4. The fourth-order valence-corrected chi connectivity index (χ4v) is 4.21. The minimum atomic E-state index is -3.78. The van der Waals surface area contributed by atoms with Crippen molar-refractivity contribution in [1.82, 2.24) is 9.97 Å². The Hall–Kier alpha value is -3.06. The zero-order valence-corrected chi connectivity index (χ0v) is 14.2. The predicted molar refractivity (Wildman–Crippen MR) is 97.4 cm³/mol. The summed E-state index contributed by atoms with van der Waals surface area (Å²) in [4.78, 5) is 7.34. The number of benzene rings is 2. The van der Waals surface area contributed by atoms with E-state index in [-0.39, 0.29) is 4.90 Å². The Morgan fingerprint density at radius 3 is 2.56 bits per heavy atom. The van der Waals surface area contributed by atoms with E-state index < -0.39 is 10.0 Å². The van der Waals surface area contributed by atoms with Gasteiger partial charge in [-0.2, -0.15) is 0 Å².